The SMILES string of the molecule is Cc1c(-c2ncco2)sc2c1c(=O)n(C(C)(C)C(=O)O)c(=O)n2C[C@H](O[C@@H](C)COC(=O)C(F)(F)F)c1ccccc1. The van der Waals surface area contributed by atoms with Crippen LogP contribution in [-0.2, 0) is 31.1 Å². The Morgan fingerprint density at radius 3 is 2.40 bits per heavy atom. The van der Waals surface area contributed by atoms with Crippen molar-refractivity contribution in [3.05, 3.63) is 74.8 Å². The first-order chi connectivity index (χ1) is 19.6. The van der Waals surface area contributed by atoms with Crippen molar-refractivity contribution in [3.8, 4) is 10.8 Å². The number of thiophene rings is 1. The predicted molar refractivity (Wildman–Crippen MR) is 144 cm³/mol. The molecule has 0 saturated heterocycles. The normalized spacial score (nSPS) is 13.7. The smallest absolute Gasteiger partial charge is 0.480 e. The second kappa shape index (κ2) is 11.6. The molecule has 4 aromatic rings. The molecule has 2 atom stereocenters. The maximum Gasteiger partial charge on any atom is 0.490 e. The van der Waals surface area contributed by atoms with Gasteiger partial charge in [-0.3, -0.25) is 9.36 Å². The lowest BCUT2D eigenvalue weighted by Crippen LogP contribution is -2.52. The third kappa shape index (κ3) is 5.87. The molecule has 4 rings (SSSR count). The van der Waals surface area contributed by atoms with Crippen LogP contribution in [0.15, 0.2) is 56.8 Å². The second-order valence-electron chi connectivity index (χ2n) is 9.91. The van der Waals surface area contributed by atoms with Crippen LogP contribution in [0.3, 0.4) is 0 Å². The monoisotopic (exact) mass is 609 g/mol. The maximum absolute atomic E-state index is 13.9. The van der Waals surface area contributed by atoms with E-state index in [0.29, 0.717) is 20.6 Å². The molecule has 15 heteroatoms. The van der Waals surface area contributed by atoms with Crippen molar-refractivity contribution in [2.24, 2.45) is 0 Å². The Hall–Kier alpha value is -4.24. The second-order valence-corrected chi connectivity index (χ2v) is 10.9. The number of carbonyl (C=O) groups excluding carboxylic acids is 1. The van der Waals surface area contributed by atoms with Crippen LogP contribution in [0.25, 0.3) is 21.0 Å². The zero-order valence-electron chi connectivity index (χ0n) is 22.8. The first-order valence-electron chi connectivity index (χ1n) is 12.5. The lowest BCUT2D eigenvalue weighted by Gasteiger charge is -2.26. The fourth-order valence-electron chi connectivity index (χ4n) is 4.29. The summed E-state index contributed by atoms with van der Waals surface area (Å²) in [5.41, 5.74) is -2.79. The number of alkyl halides is 3. The molecule has 1 aromatic carbocycles. The fourth-order valence-corrected chi connectivity index (χ4v) is 5.53. The third-order valence-electron chi connectivity index (χ3n) is 6.52. The highest BCUT2D eigenvalue weighted by Gasteiger charge is 2.41. The minimum absolute atomic E-state index is 0.0705. The Labute approximate surface area is 239 Å². The van der Waals surface area contributed by atoms with Gasteiger partial charge in [-0.2, -0.15) is 13.2 Å². The van der Waals surface area contributed by atoms with Gasteiger partial charge in [0.15, 0.2) is 0 Å². The van der Waals surface area contributed by atoms with Crippen LogP contribution in [0.1, 0.15) is 38.0 Å². The highest BCUT2D eigenvalue weighted by molar-refractivity contribution is 7.22. The van der Waals surface area contributed by atoms with Gasteiger partial charge in [-0.05, 0) is 38.8 Å². The lowest BCUT2D eigenvalue weighted by atomic mass is 10.1. The zero-order valence-corrected chi connectivity index (χ0v) is 23.6. The van der Waals surface area contributed by atoms with Gasteiger partial charge in [-0.1, -0.05) is 30.3 Å². The van der Waals surface area contributed by atoms with E-state index >= 15 is 0 Å². The van der Waals surface area contributed by atoms with Crippen LogP contribution in [-0.4, -0.2) is 50.1 Å². The molecule has 0 aliphatic heterocycles. The summed E-state index contributed by atoms with van der Waals surface area (Å²) < 4.78 is 55.5. The zero-order chi connectivity index (χ0) is 31.0. The number of benzene rings is 1. The van der Waals surface area contributed by atoms with E-state index in [4.69, 9.17) is 9.15 Å². The molecule has 0 fully saturated rings. The summed E-state index contributed by atoms with van der Waals surface area (Å²) in [6.45, 7) is 4.43. The molecule has 3 heterocycles. The van der Waals surface area contributed by atoms with Gasteiger partial charge in [0.05, 0.1) is 29.1 Å². The summed E-state index contributed by atoms with van der Waals surface area (Å²) in [6.07, 6.45) is -4.49. The van der Waals surface area contributed by atoms with Crippen molar-refractivity contribution in [2.75, 3.05) is 6.61 Å². The molecule has 224 valence electrons. The fraction of sp³-hybridized carbons (Fsp3) is 0.370. The molecule has 0 aliphatic carbocycles. The number of oxazole rings is 1. The van der Waals surface area contributed by atoms with Crippen molar-refractivity contribution in [1.29, 1.82) is 0 Å². The Balaban J connectivity index is 1.87. The number of aliphatic carboxylic acids is 1. The van der Waals surface area contributed by atoms with E-state index in [0.717, 1.165) is 11.3 Å². The van der Waals surface area contributed by atoms with Gasteiger partial charge in [0.1, 0.15) is 29.3 Å². The van der Waals surface area contributed by atoms with Gasteiger partial charge in [0, 0.05) is 0 Å². The van der Waals surface area contributed by atoms with Crippen LogP contribution in [0, 0.1) is 6.92 Å². The number of aryl methyl sites for hydroxylation is 1. The van der Waals surface area contributed by atoms with Crippen LogP contribution in [0.4, 0.5) is 13.2 Å². The number of rotatable bonds is 10. The van der Waals surface area contributed by atoms with Crippen molar-refractivity contribution < 1.29 is 41.8 Å². The molecule has 11 nitrogen and oxygen atoms in total. The average molecular weight is 610 g/mol. The number of ether oxygens (including phenoxy) is 2. The highest BCUT2D eigenvalue weighted by atomic mass is 32.1. The molecule has 0 spiro atoms. The first kappa shape index (κ1) is 30.7. The standard InChI is InChI=1S/C27H26F3N3O8S/c1-14(13-40-24(37)27(28,29)30)41-17(16-8-6-5-7-9-16)12-32-22-18(15(2)19(42-22)20-31-10-11-39-20)21(34)33(25(32)38)26(3,4)23(35)36/h5-11,14,17H,12-13H2,1-4H3,(H,35,36)/t14-,17-/m0/s1. The van der Waals surface area contributed by atoms with Crippen LogP contribution >= 0.6 is 11.3 Å². The molecule has 3 aromatic heterocycles. The third-order valence-corrected chi connectivity index (χ3v) is 7.82. The Morgan fingerprint density at radius 1 is 1.17 bits per heavy atom. The summed E-state index contributed by atoms with van der Waals surface area (Å²) in [4.78, 5) is 55.7. The number of hydrogen-bond acceptors (Lipinski definition) is 9. The number of esters is 1. The quantitative estimate of drug-likeness (QED) is 0.261. The van der Waals surface area contributed by atoms with Gasteiger partial charge < -0.3 is 19.0 Å². The molecule has 0 radical (unpaired) electrons. The topological polar surface area (TPSA) is 143 Å². The van der Waals surface area contributed by atoms with E-state index in [1.54, 1.807) is 37.3 Å². The number of hydrogen-bond donors (Lipinski definition) is 1. The molecular weight excluding hydrogens is 583 g/mol. The molecule has 1 N–H and O–H groups in total. The van der Waals surface area contributed by atoms with Crippen LogP contribution in [0.5, 0.6) is 0 Å². The van der Waals surface area contributed by atoms with Crippen molar-refractivity contribution in [1.82, 2.24) is 14.1 Å². The summed E-state index contributed by atoms with van der Waals surface area (Å²) in [5.74, 6) is -3.61. The number of fused-ring (bicyclic) bond motifs is 1. The average Bonchev–Trinajstić information content (AvgIpc) is 3.57. The number of nitrogens with zero attached hydrogens (tertiary/aromatic N) is 3. The van der Waals surface area contributed by atoms with Crippen molar-refractivity contribution >= 4 is 33.5 Å². The van der Waals surface area contributed by atoms with E-state index in [-0.39, 0.29) is 22.7 Å². The number of aromatic nitrogens is 3. The molecule has 0 saturated carbocycles. The summed E-state index contributed by atoms with van der Waals surface area (Å²) in [7, 11) is 0. The minimum Gasteiger partial charge on any atom is -0.480 e. The van der Waals surface area contributed by atoms with Gasteiger partial charge in [0.2, 0.25) is 5.89 Å². The summed E-state index contributed by atoms with van der Waals surface area (Å²) in [6, 6.07) is 8.42. The van der Waals surface area contributed by atoms with E-state index in [2.05, 4.69) is 9.72 Å². The Kier molecular flexibility index (Phi) is 8.46. The van der Waals surface area contributed by atoms with Gasteiger partial charge in [-0.15, -0.1) is 11.3 Å². The number of carbonyl (C=O) groups is 2. The van der Waals surface area contributed by atoms with Gasteiger partial charge in [-0.25, -0.2) is 23.9 Å². The van der Waals surface area contributed by atoms with E-state index in [9.17, 15) is 37.5 Å². The largest absolute Gasteiger partial charge is 0.490 e. The molecule has 0 bridgehead atoms. The van der Waals surface area contributed by atoms with Crippen LogP contribution < -0.4 is 11.2 Å². The van der Waals surface area contributed by atoms with Crippen LogP contribution in [0.2, 0.25) is 0 Å². The molecular formula is C27H26F3N3O8S. The van der Waals surface area contributed by atoms with E-state index in [1.165, 1.54) is 37.8 Å². The molecule has 42 heavy (non-hydrogen) atoms. The minimum atomic E-state index is -5.18. The number of carboxylic acid groups (broad SMARTS) is 1. The van der Waals surface area contributed by atoms with E-state index in [1.807, 2.05) is 0 Å². The van der Waals surface area contributed by atoms with Gasteiger partial charge in [0.25, 0.3) is 5.56 Å². The predicted octanol–water partition coefficient (Wildman–Crippen LogP) is 4.26. The maximum atomic E-state index is 13.9. The Bertz CT molecular complexity index is 1720. The van der Waals surface area contributed by atoms with Crippen molar-refractivity contribution in [2.45, 2.75) is 58.2 Å². The van der Waals surface area contributed by atoms with Gasteiger partial charge >= 0.3 is 23.8 Å². The van der Waals surface area contributed by atoms with E-state index < -0.39 is 53.7 Å². The number of carboxylic acids is 1. The number of halogens is 3. The highest BCUT2D eigenvalue weighted by Crippen LogP contribution is 2.36. The lowest BCUT2D eigenvalue weighted by molar-refractivity contribution is -0.203. The Morgan fingerprint density at radius 2 is 1.83 bits per heavy atom. The summed E-state index contributed by atoms with van der Waals surface area (Å²) in [5, 5.41) is 9.97. The summed E-state index contributed by atoms with van der Waals surface area (Å²) >= 11 is 1.03. The first-order valence-corrected chi connectivity index (χ1v) is 13.3. The molecule has 0 unspecified atom stereocenters. The molecule has 0 aliphatic rings. The van der Waals surface area contributed by atoms with Crippen molar-refractivity contribution in [3.63, 3.8) is 0 Å². The molecule has 0 amide bonds.